The van der Waals surface area contributed by atoms with Crippen molar-refractivity contribution in [1.29, 1.82) is 0 Å². The normalized spacial score (nSPS) is 10.8. The number of hydrogen-bond acceptors (Lipinski definition) is 6. The van der Waals surface area contributed by atoms with Crippen LogP contribution in [0.2, 0.25) is 0 Å². The van der Waals surface area contributed by atoms with Gasteiger partial charge in [-0.25, -0.2) is 0 Å². The van der Waals surface area contributed by atoms with Gasteiger partial charge in [0.05, 0.1) is 5.56 Å². The van der Waals surface area contributed by atoms with Crippen LogP contribution in [0.1, 0.15) is 48.0 Å². The molecule has 2 aromatic carbocycles. The number of benzene rings is 2. The van der Waals surface area contributed by atoms with E-state index in [1.807, 2.05) is 12.1 Å². The minimum Gasteiger partial charge on any atom is -0.339 e. The molecule has 0 saturated carbocycles. The van der Waals surface area contributed by atoms with Gasteiger partial charge in [-0.3, -0.25) is 14.6 Å². The Bertz CT molecular complexity index is 1270. The number of aromatic nitrogens is 3. The molecule has 2 N–H and O–H groups in total. The lowest BCUT2D eigenvalue weighted by molar-refractivity contribution is -0.116. The van der Waals surface area contributed by atoms with Gasteiger partial charge in [0.1, 0.15) is 0 Å². The van der Waals surface area contributed by atoms with E-state index in [1.165, 1.54) is 11.8 Å². The molecule has 4 aromatic rings. The van der Waals surface area contributed by atoms with Crippen molar-refractivity contribution in [2.45, 2.75) is 32.6 Å². The summed E-state index contributed by atoms with van der Waals surface area (Å²) in [6.45, 7) is 4.28. The lowest BCUT2D eigenvalue weighted by Crippen LogP contribution is -2.14. The van der Waals surface area contributed by atoms with Crippen molar-refractivity contribution in [2.75, 3.05) is 10.6 Å². The first kappa shape index (κ1) is 22.8. The summed E-state index contributed by atoms with van der Waals surface area (Å²) in [5.74, 6) is 0.879. The van der Waals surface area contributed by atoms with Gasteiger partial charge in [0, 0.05) is 42.2 Å². The molecule has 2 heterocycles. The van der Waals surface area contributed by atoms with Gasteiger partial charge in [-0.1, -0.05) is 49.3 Å². The number of rotatable bonds is 8. The zero-order chi connectivity index (χ0) is 23.9. The van der Waals surface area contributed by atoms with Crippen LogP contribution in [0, 0.1) is 0 Å². The Labute approximate surface area is 197 Å². The van der Waals surface area contributed by atoms with E-state index >= 15 is 0 Å². The van der Waals surface area contributed by atoms with Gasteiger partial charge in [-0.15, -0.1) is 0 Å². The summed E-state index contributed by atoms with van der Waals surface area (Å²) in [5.41, 5.74) is 3.70. The largest absolute Gasteiger partial charge is 0.339 e. The van der Waals surface area contributed by atoms with Gasteiger partial charge in [-0.2, -0.15) is 4.98 Å². The third-order valence-electron chi connectivity index (χ3n) is 5.20. The molecule has 0 fully saturated rings. The zero-order valence-corrected chi connectivity index (χ0v) is 19.0. The number of aryl methyl sites for hydroxylation is 1. The van der Waals surface area contributed by atoms with Crippen molar-refractivity contribution in [3.05, 3.63) is 90.1 Å². The summed E-state index contributed by atoms with van der Waals surface area (Å²) < 4.78 is 5.31. The Balaban J connectivity index is 1.30. The van der Waals surface area contributed by atoms with Crippen LogP contribution < -0.4 is 10.6 Å². The molecule has 0 spiro atoms. The van der Waals surface area contributed by atoms with Crippen LogP contribution in [0.15, 0.2) is 77.6 Å². The lowest BCUT2D eigenvalue weighted by Gasteiger charge is -2.08. The fourth-order valence-electron chi connectivity index (χ4n) is 3.31. The average Bonchev–Trinajstić information content (AvgIpc) is 3.33. The second-order valence-corrected chi connectivity index (χ2v) is 8.11. The highest BCUT2D eigenvalue weighted by molar-refractivity contribution is 6.04. The SMILES string of the molecule is CC(C)c1ccc(-c2noc(CCC(=O)Nc3cccc(NC(=O)c4cccnc4)c3)n2)cc1. The van der Waals surface area contributed by atoms with E-state index in [2.05, 4.69) is 51.7 Å². The highest BCUT2D eigenvalue weighted by Crippen LogP contribution is 2.21. The predicted molar refractivity (Wildman–Crippen MR) is 129 cm³/mol. The Kier molecular flexibility index (Phi) is 7.07. The van der Waals surface area contributed by atoms with E-state index in [4.69, 9.17) is 4.52 Å². The number of hydrogen-bond donors (Lipinski definition) is 2. The van der Waals surface area contributed by atoms with Gasteiger partial charge in [0.2, 0.25) is 17.6 Å². The quantitative estimate of drug-likeness (QED) is 0.383. The van der Waals surface area contributed by atoms with Crippen molar-refractivity contribution < 1.29 is 14.1 Å². The molecule has 0 radical (unpaired) electrons. The van der Waals surface area contributed by atoms with E-state index < -0.39 is 0 Å². The average molecular weight is 456 g/mol. The molecule has 2 amide bonds. The first-order valence-corrected chi connectivity index (χ1v) is 11.0. The smallest absolute Gasteiger partial charge is 0.257 e. The molecule has 0 aliphatic heterocycles. The zero-order valence-electron chi connectivity index (χ0n) is 19.0. The lowest BCUT2D eigenvalue weighted by atomic mass is 10.0. The fourth-order valence-corrected chi connectivity index (χ4v) is 3.31. The maximum absolute atomic E-state index is 12.4. The van der Waals surface area contributed by atoms with Gasteiger partial charge in [0.15, 0.2) is 0 Å². The van der Waals surface area contributed by atoms with Crippen molar-refractivity contribution >= 4 is 23.2 Å². The topological polar surface area (TPSA) is 110 Å². The van der Waals surface area contributed by atoms with Crippen molar-refractivity contribution in [3.63, 3.8) is 0 Å². The first-order valence-electron chi connectivity index (χ1n) is 11.0. The molecular weight excluding hydrogens is 430 g/mol. The van der Waals surface area contributed by atoms with E-state index in [9.17, 15) is 9.59 Å². The number of anilines is 2. The highest BCUT2D eigenvalue weighted by Gasteiger charge is 2.12. The maximum atomic E-state index is 12.4. The summed E-state index contributed by atoms with van der Waals surface area (Å²) >= 11 is 0. The molecule has 0 bridgehead atoms. The van der Waals surface area contributed by atoms with Crippen LogP contribution in [-0.4, -0.2) is 26.9 Å². The second-order valence-electron chi connectivity index (χ2n) is 8.11. The molecule has 34 heavy (non-hydrogen) atoms. The third kappa shape index (κ3) is 5.92. The van der Waals surface area contributed by atoms with Crippen molar-refractivity contribution in [3.8, 4) is 11.4 Å². The standard InChI is InChI=1S/C26H25N5O3/c1-17(2)18-8-10-19(11-9-18)25-30-24(34-31-25)13-12-23(32)28-21-6-3-7-22(15-21)29-26(33)20-5-4-14-27-16-20/h3-11,14-17H,12-13H2,1-2H3,(H,28,32)(H,29,33). The molecule has 172 valence electrons. The molecule has 8 nitrogen and oxygen atoms in total. The molecule has 0 saturated heterocycles. The van der Waals surface area contributed by atoms with E-state index in [0.29, 0.717) is 41.0 Å². The van der Waals surface area contributed by atoms with Gasteiger partial charge in [0.25, 0.3) is 5.91 Å². The highest BCUT2D eigenvalue weighted by atomic mass is 16.5. The van der Waals surface area contributed by atoms with Crippen LogP contribution in [0.25, 0.3) is 11.4 Å². The van der Waals surface area contributed by atoms with Crippen LogP contribution in [0.4, 0.5) is 11.4 Å². The molecule has 4 rings (SSSR count). The second kappa shape index (κ2) is 10.5. The summed E-state index contributed by atoms with van der Waals surface area (Å²) in [5, 5.41) is 9.65. The minimum atomic E-state index is -0.275. The number of nitrogens with one attached hydrogen (secondary N) is 2. The Morgan fingerprint density at radius 3 is 2.44 bits per heavy atom. The van der Waals surface area contributed by atoms with Gasteiger partial charge < -0.3 is 15.2 Å². The Morgan fingerprint density at radius 1 is 0.971 bits per heavy atom. The molecule has 0 aliphatic carbocycles. The van der Waals surface area contributed by atoms with Crippen LogP contribution in [-0.2, 0) is 11.2 Å². The number of carbonyl (C=O) groups excluding carboxylic acids is 2. The van der Waals surface area contributed by atoms with Gasteiger partial charge >= 0.3 is 0 Å². The molecule has 0 aliphatic rings. The van der Waals surface area contributed by atoms with E-state index in [1.54, 1.807) is 42.6 Å². The molecule has 2 aromatic heterocycles. The molecule has 0 atom stereocenters. The van der Waals surface area contributed by atoms with Gasteiger partial charge in [-0.05, 0) is 41.8 Å². The van der Waals surface area contributed by atoms with Crippen LogP contribution in [0.5, 0.6) is 0 Å². The number of nitrogens with zero attached hydrogens (tertiary/aromatic N) is 3. The summed E-state index contributed by atoms with van der Waals surface area (Å²) in [6.07, 6.45) is 3.59. The predicted octanol–water partition coefficient (Wildman–Crippen LogP) is 5.08. The number of pyridine rings is 1. The fraction of sp³-hybridized carbons (Fsp3) is 0.192. The van der Waals surface area contributed by atoms with Crippen LogP contribution in [0.3, 0.4) is 0 Å². The van der Waals surface area contributed by atoms with E-state index in [0.717, 1.165) is 5.56 Å². The number of carbonyl (C=O) groups is 2. The number of amides is 2. The monoisotopic (exact) mass is 455 g/mol. The maximum Gasteiger partial charge on any atom is 0.257 e. The van der Waals surface area contributed by atoms with E-state index in [-0.39, 0.29) is 18.2 Å². The third-order valence-corrected chi connectivity index (χ3v) is 5.20. The van der Waals surface area contributed by atoms with Crippen molar-refractivity contribution in [1.82, 2.24) is 15.1 Å². The molecular formula is C26H25N5O3. The van der Waals surface area contributed by atoms with Crippen molar-refractivity contribution in [2.24, 2.45) is 0 Å². The molecule has 8 heteroatoms. The Morgan fingerprint density at radius 2 is 1.74 bits per heavy atom. The molecule has 0 unspecified atom stereocenters. The van der Waals surface area contributed by atoms with Crippen LogP contribution >= 0.6 is 0 Å². The first-order chi connectivity index (χ1) is 16.5. The summed E-state index contributed by atoms with van der Waals surface area (Å²) in [4.78, 5) is 33.1. The Hall–Kier alpha value is -4.33. The minimum absolute atomic E-state index is 0.181. The summed E-state index contributed by atoms with van der Waals surface area (Å²) in [6, 6.07) is 18.4. The summed E-state index contributed by atoms with van der Waals surface area (Å²) in [7, 11) is 0.